The number of hydrogen-bond acceptors (Lipinski definition) is 4. The number of ether oxygens (including phenoxy) is 3. The molecule has 0 saturated heterocycles. The van der Waals surface area contributed by atoms with Gasteiger partial charge >= 0.3 is 5.97 Å². The summed E-state index contributed by atoms with van der Waals surface area (Å²) in [5.74, 6) is -0.102. The van der Waals surface area contributed by atoms with Crippen molar-refractivity contribution in [3.63, 3.8) is 0 Å². The SMILES string of the molecule is COc1ccc(C(OCC(C)C(=O)O)(c2ccccc2)c2ccc(OC)cc2)cc1. The summed E-state index contributed by atoms with van der Waals surface area (Å²) >= 11 is 0. The second-order valence-corrected chi connectivity index (χ2v) is 7.05. The quantitative estimate of drug-likeness (QED) is 0.520. The van der Waals surface area contributed by atoms with Crippen LogP contribution in [0.25, 0.3) is 0 Å². The predicted molar refractivity (Wildman–Crippen MR) is 115 cm³/mol. The lowest BCUT2D eigenvalue weighted by Gasteiger charge is -2.36. The molecule has 0 saturated carbocycles. The Bertz CT molecular complexity index is 902. The largest absolute Gasteiger partial charge is 0.497 e. The normalized spacial score (nSPS) is 12.2. The second-order valence-electron chi connectivity index (χ2n) is 7.05. The fraction of sp³-hybridized carbons (Fsp3) is 0.240. The number of rotatable bonds is 9. The maximum absolute atomic E-state index is 11.5. The number of carbonyl (C=O) groups is 1. The van der Waals surface area contributed by atoms with E-state index in [1.54, 1.807) is 21.1 Å². The highest BCUT2D eigenvalue weighted by Crippen LogP contribution is 2.41. The van der Waals surface area contributed by atoms with E-state index in [9.17, 15) is 9.90 Å². The van der Waals surface area contributed by atoms with Gasteiger partial charge in [-0.15, -0.1) is 0 Å². The zero-order valence-corrected chi connectivity index (χ0v) is 17.4. The second kappa shape index (κ2) is 9.46. The molecule has 156 valence electrons. The highest BCUT2D eigenvalue weighted by Gasteiger charge is 2.38. The first-order valence-electron chi connectivity index (χ1n) is 9.72. The number of methoxy groups -OCH3 is 2. The van der Waals surface area contributed by atoms with Crippen molar-refractivity contribution in [2.75, 3.05) is 20.8 Å². The van der Waals surface area contributed by atoms with E-state index in [0.29, 0.717) is 0 Å². The lowest BCUT2D eigenvalue weighted by Crippen LogP contribution is -2.35. The Kier molecular flexibility index (Phi) is 6.75. The molecular formula is C25H26O5. The van der Waals surface area contributed by atoms with Gasteiger partial charge < -0.3 is 19.3 Å². The molecule has 3 rings (SSSR count). The van der Waals surface area contributed by atoms with Crippen LogP contribution < -0.4 is 9.47 Å². The lowest BCUT2D eigenvalue weighted by molar-refractivity contribution is -0.144. The van der Waals surface area contributed by atoms with E-state index in [1.165, 1.54) is 0 Å². The van der Waals surface area contributed by atoms with Crippen molar-refractivity contribution < 1.29 is 24.1 Å². The van der Waals surface area contributed by atoms with Crippen LogP contribution in [0.5, 0.6) is 11.5 Å². The molecule has 1 unspecified atom stereocenters. The van der Waals surface area contributed by atoms with Gasteiger partial charge in [0.2, 0.25) is 0 Å². The number of carboxylic acids is 1. The molecule has 3 aromatic carbocycles. The van der Waals surface area contributed by atoms with Crippen LogP contribution in [-0.2, 0) is 15.1 Å². The van der Waals surface area contributed by atoms with Crippen LogP contribution in [0.1, 0.15) is 23.6 Å². The fourth-order valence-electron chi connectivity index (χ4n) is 3.40. The van der Waals surface area contributed by atoms with Crippen LogP contribution in [0.4, 0.5) is 0 Å². The third kappa shape index (κ3) is 4.31. The summed E-state index contributed by atoms with van der Waals surface area (Å²) in [4.78, 5) is 11.5. The third-order valence-corrected chi connectivity index (χ3v) is 5.14. The van der Waals surface area contributed by atoms with Gasteiger partial charge in [-0.25, -0.2) is 0 Å². The summed E-state index contributed by atoms with van der Waals surface area (Å²) < 4.78 is 17.1. The molecule has 0 aromatic heterocycles. The summed E-state index contributed by atoms with van der Waals surface area (Å²) in [5.41, 5.74) is 1.65. The minimum atomic E-state index is -0.997. The van der Waals surface area contributed by atoms with E-state index < -0.39 is 17.5 Å². The summed E-state index contributed by atoms with van der Waals surface area (Å²) in [6.07, 6.45) is 0. The van der Waals surface area contributed by atoms with E-state index >= 15 is 0 Å². The molecule has 0 spiro atoms. The van der Waals surface area contributed by atoms with Crippen molar-refractivity contribution in [1.82, 2.24) is 0 Å². The first-order valence-corrected chi connectivity index (χ1v) is 9.72. The molecule has 0 radical (unpaired) electrons. The summed E-state index contributed by atoms with van der Waals surface area (Å²) in [5, 5.41) is 9.41. The Labute approximate surface area is 176 Å². The Hall–Kier alpha value is -3.31. The van der Waals surface area contributed by atoms with Crippen molar-refractivity contribution in [2.45, 2.75) is 12.5 Å². The highest BCUT2D eigenvalue weighted by molar-refractivity contribution is 5.69. The Morgan fingerprint density at radius 2 is 1.23 bits per heavy atom. The average molecular weight is 406 g/mol. The maximum atomic E-state index is 11.5. The number of benzene rings is 3. The van der Waals surface area contributed by atoms with Crippen molar-refractivity contribution in [3.8, 4) is 11.5 Å². The smallest absolute Gasteiger partial charge is 0.308 e. The van der Waals surface area contributed by atoms with Gasteiger partial charge in [0.15, 0.2) is 0 Å². The molecule has 1 atom stereocenters. The standard InChI is InChI=1S/C25H26O5/c1-18(24(26)27)17-30-25(19-7-5-4-6-8-19,20-9-13-22(28-2)14-10-20)21-11-15-23(29-3)16-12-21/h4-16,18H,17H2,1-3H3,(H,26,27). The zero-order chi connectivity index (χ0) is 21.6. The lowest BCUT2D eigenvalue weighted by atomic mass is 9.80. The molecule has 0 fully saturated rings. The van der Waals surface area contributed by atoms with E-state index in [1.807, 2.05) is 78.9 Å². The van der Waals surface area contributed by atoms with Crippen LogP contribution in [0.2, 0.25) is 0 Å². The molecule has 5 nitrogen and oxygen atoms in total. The van der Waals surface area contributed by atoms with Gasteiger partial charge in [-0.2, -0.15) is 0 Å². The average Bonchev–Trinajstić information content (AvgIpc) is 2.80. The summed E-state index contributed by atoms with van der Waals surface area (Å²) in [6, 6.07) is 25.1. The van der Waals surface area contributed by atoms with E-state index in [2.05, 4.69) is 0 Å². The van der Waals surface area contributed by atoms with Crippen molar-refractivity contribution in [3.05, 3.63) is 95.6 Å². The van der Waals surface area contributed by atoms with Crippen molar-refractivity contribution >= 4 is 5.97 Å². The minimum Gasteiger partial charge on any atom is -0.497 e. The molecule has 30 heavy (non-hydrogen) atoms. The van der Waals surface area contributed by atoms with Crippen LogP contribution in [0.15, 0.2) is 78.9 Å². The Morgan fingerprint density at radius 1 is 0.800 bits per heavy atom. The van der Waals surface area contributed by atoms with Gasteiger partial charge in [0, 0.05) is 0 Å². The van der Waals surface area contributed by atoms with Gasteiger partial charge in [0.1, 0.15) is 17.1 Å². The van der Waals surface area contributed by atoms with Gasteiger partial charge in [-0.05, 0) is 47.9 Å². The molecule has 1 N–H and O–H groups in total. The topological polar surface area (TPSA) is 65.0 Å². The predicted octanol–water partition coefficient (Wildman–Crippen LogP) is 4.73. The first-order chi connectivity index (χ1) is 14.5. The number of aliphatic carboxylic acids is 1. The molecular weight excluding hydrogens is 380 g/mol. The maximum Gasteiger partial charge on any atom is 0.308 e. The minimum absolute atomic E-state index is 0.0439. The zero-order valence-electron chi connectivity index (χ0n) is 17.4. The van der Waals surface area contributed by atoms with Gasteiger partial charge in [0.05, 0.1) is 26.7 Å². The van der Waals surface area contributed by atoms with Crippen LogP contribution in [-0.4, -0.2) is 31.9 Å². The molecule has 0 aliphatic heterocycles. The molecule has 0 aliphatic rings. The molecule has 0 amide bonds. The van der Waals surface area contributed by atoms with Crippen LogP contribution >= 0.6 is 0 Å². The van der Waals surface area contributed by atoms with Gasteiger partial charge in [-0.3, -0.25) is 4.79 Å². The van der Waals surface area contributed by atoms with Gasteiger partial charge in [-0.1, -0.05) is 54.6 Å². The summed E-state index contributed by atoms with van der Waals surface area (Å²) in [7, 11) is 3.24. The first kappa shape index (κ1) is 21.4. The number of carboxylic acid groups (broad SMARTS) is 1. The molecule has 3 aromatic rings. The van der Waals surface area contributed by atoms with E-state index in [-0.39, 0.29) is 6.61 Å². The van der Waals surface area contributed by atoms with Crippen molar-refractivity contribution in [1.29, 1.82) is 0 Å². The van der Waals surface area contributed by atoms with Crippen LogP contribution in [0, 0.1) is 5.92 Å². The monoisotopic (exact) mass is 406 g/mol. The van der Waals surface area contributed by atoms with E-state index in [0.717, 1.165) is 28.2 Å². The Balaban J connectivity index is 2.21. The Morgan fingerprint density at radius 3 is 1.63 bits per heavy atom. The van der Waals surface area contributed by atoms with Crippen molar-refractivity contribution in [2.24, 2.45) is 5.92 Å². The summed E-state index contributed by atoms with van der Waals surface area (Å²) in [6.45, 7) is 1.68. The molecule has 0 bridgehead atoms. The molecule has 0 aliphatic carbocycles. The molecule has 5 heteroatoms. The fourth-order valence-corrected chi connectivity index (χ4v) is 3.40. The van der Waals surface area contributed by atoms with E-state index in [4.69, 9.17) is 14.2 Å². The highest BCUT2D eigenvalue weighted by atomic mass is 16.5. The molecule has 0 heterocycles. The van der Waals surface area contributed by atoms with Crippen LogP contribution in [0.3, 0.4) is 0 Å². The number of hydrogen-bond donors (Lipinski definition) is 1. The third-order valence-electron chi connectivity index (χ3n) is 5.14. The van der Waals surface area contributed by atoms with Gasteiger partial charge in [0.25, 0.3) is 0 Å².